The lowest BCUT2D eigenvalue weighted by atomic mass is 10.0. The van der Waals surface area contributed by atoms with E-state index in [0.29, 0.717) is 38.9 Å². The molecule has 0 radical (unpaired) electrons. The van der Waals surface area contributed by atoms with Gasteiger partial charge in [0.1, 0.15) is 6.04 Å². The average molecular weight is 425 g/mol. The summed E-state index contributed by atoms with van der Waals surface area (Å²) in [5.41, 5.74) is 15.7. The summed E-state index contributed by atoms with van der Waals surface area (Å²) in [5, 5.41) is 12.2. The van der Waals surface area contributed by atoms with E-state index in [4.69, 9.17) is 11.5 Å². The van der Waals surface area contributed by atoms with Crippen molar-refractivity contribution in [3.8, 4) is 0 Å². The van der Waals surface area contributed by atoms with Gasteiger partial charge in [0.15, 0.2) is 0 Å². The number of hydrogen-bond donors (Lipinski definition) is 4. The van der Waals surface area contributed by atoms with Crippen LogP contribution in [0.15, 0.2) is 48.5 Å². The van der Waals surface area contributed by atoms with Crippen LogP contribution >= 0.6 is 0 Å². The molecule has 2 atom stereocenters. The Labute approximate surface area is 183 Å². The number of likely N-dealkylation sites (tertiary alicyclic amines) is 1. The van der Waals surface area contributed by atoms with Gasteiger partial charge in [0.25, 0.3) is 0 Å². The fourth-order valence-corrected chi connectivity index (χ4v) is 3.95. The Balaban J connectivity index is 1.52. The number of nitrogens with zero attached hydrogens (tertiary/aromatic N) is 1. The maximum absolute atomic E-state index is 12.9. The van der Waals surface area contributed by atoms with Crippen molar-refractivity contribution < 1.29 is 14.7 Å². The molecule has 0 spiro atoms. The van der Waals surface area contributed by atoms with E-state index in [0.717, 1.165) is 28.7 Å². The summed E-state index contributed by atoms with van der Waals surface area (Å²) in [5.74, 6) is -0.320. The van der Waals surface area contributed by atoms with Gasteiger partial charge in [0.05, 0.1) is 12.6 Å². The third kappa shape index (κ3) is 6.13. The molecule has 3 rings (SSSR count). The predicted octanol–water partition coefficient (Wildman–Crippen LogP) is 1.20. The van der Waals surface area contributed by atoms with Crippen molar-refractivity contribution in [2.45, 2.75) is 57.5 Å². The molecule has 1 heterocycles. The Morgan fingerprint density at radius 1 is 1.10 bits per heavy atom. The fourth-order valence-electron chi connectivity index (χ4n) is 3.95. The van der Waals surface area contributed by atoms with Gasteiger partial charge < -0.3 is 26.8 Å². The minimum absolute atomic E-state index is 0.0133. The van der Waals surface area contributed by atoms with Gasteiger partial charge in [-0.25, -0.2) is 0 Å². The van der Waals surface area contributed by atoms with Gasteiger partial charge in [0, 0.05) is 19.6 Å². The number of nitrogens with two attached hydrogens (primary N) is 2. The number of aliphatic hydroxyl groups is 1. The number of benzene rings is 2. The number of rotatable bonds is 9. The first-order chi connectivity index (χ1) is 15.0. The highest BCUT2D eigenvalue weighted by Gasteiger charge is 2.35. The van der Waals surface area contributed by atoms with Gasteiger partial charge in [-0.2, -0.15) is 0 Å². The van der Waals surface area contributed by atoms with Crippen LogP contribution in [0.1, 0.15) is 41.5 Å². The Morgan fingerprint density at radius 2 is 1.81 bits per heavy atom. The molecule has 2 aromatic carbocycles. The highest BCUT2D eigenvalue weighted by Crippen LogP contribution is 2.20. The van der Waals surface area contributed by atoms with Crippen molar-refractivity contribution in [2.75, 3.05) is 6.54 Å². The zero-order chi connectivity index (χ0) is 22.2. The predicted molar refractivity (Wildman–Crippen MR) is 120 cm³/mol. The summed E-state index contributed by atoms with van der Waals surface area (Å²) in [7, 11) is 0. The first-order valence-corrected chi connectivity index (χ1v) is 10.8. The molecule has 1 saturated heterocycles. The van der Waals surface area contributed by atoms with E-state index in [1.807, 2.05) is 48.5 Å². The van der Waals surface area contributed by atoms with E-state index in [-0.39, 0.29) is 18.4 Å². The molecule has 166 valence electrons. The molecule has 6 N–H and O–H groups in total. The number of aryl methyl sites for hydroxylation is 1. The number of nitrogens with one attached hydrogen (secondary N) is 1. The summed E-state index contributed by atoms with van der Waals surface area (Å²) in [6, 6.07) is 14.3. The van der Waals surface area contributed by atoms with E-state index in [1.54, 1.807) is 4.90 Å². The van der Waals surface area contributed by atoms with Crippen molar-refractivity contribution in [3.05, 3.63) is 70.8 Å². The molecule has 2 unspecified atom stereocenters. The van der Waals surface area contributed by atoms with Crippen LogP contribution in [-0.2, 0) is 35.7 Å². The maximum atomic E-state index is 12.9. The highest BCUT2D eigenvalue weighted by atomic mass is 16.3. The minimum Gasteiger partial charge on any atom is -0.392 e. The van der Waals surface area contributed by atoms with Crippen LogP contribution in [0.25, 0.3) is 0 Å². The van der Waals surface area contributed by atoms with Crippen LogP contribution in [0.2, 0.25) is 0 Å². The Bertz CT molecular complexity index is 885. The molecule has 0 aromatic heterocycles. The van der Waals surface area contributed by atoms with E-state index in [2.05, 4.69) is 5.32 Å². The van der Waals surface area contributed by atoms with Gasteiger partial charge >= 0.3 is 0 Å². The summed E-state index contributed by atoms with van der Waals surface area (Å²) >= 11 is 0. The smallest absolute Gasteiger partial charge is 0.243 e. The number of hydrogen-bond acceptors (Lipinski definition) is 5. The zero-order valence-corrected chi connectivity index (χ0v) is 17.8. The lowest BCUT2D eigenvalue weighted by Gasteiger charge is -2.26. The van der Waals surface area contributed by atoms with Crippen LogP contribution in [0.5, 0.6) is 0 Å². The van der Waals surface area contributed by atoms with Gasteiger partial charge in [-0.15, -0.1) is 0 Å². The summed E-state index contributed by atoms with van der Waals surface area (Å²) in [4.78, 5) is 27.3. The summed E-state index contributed by atoms with van der Waals surface area (Å²) in [6.45, 7) is 1.44. The summed E-state index contributed by atoms with van der Waals surface area (Å²) < 4.78 is 0. The largest absolute Gasteiger partial charge is 0.392 e. The second-order valence-corrected chi connectivity index (χ2v) is 8.05. The first-order valence-electron chi connectivity index (χ1n) is 10.8. The summed E-state index contributed by atoms with van der Waals surface area (Å²) in [6.07, 6.45) is 2.57. The normalized spacial score (nSPS) is 16.9. The molecule has 7 heteroatoms. The highest BCUT2D eigenvalue weighted by molar-refractivity contribution is 5.90. The van der Waals surface area contributed by atoms with E-state index >= 15 is 0 Å². The molecule has 31 heavy (non-hydrogen) atoms. The minimum atomic E-state index is -0.657. The molecule has 1 fully saturated rings. The van der Waals surface area contributed by atoms with Gasteiger partial charge in [0.2, 0.25) is 11.8 Å². The van der Waals surface area contributed by atoms with Crippen molar-refractivity contribution in [1.29, 1.82) is 0 Å². The van der Waals surface area contributed by atoms with Gasteiger partial charge in [-0.1, -0.05) is 48.5 Å². The molecule has 1 aliphatic rings. The molecule has 1 aliphatic heterocycles. The van der Waals surface area contributed by atoms with Crippen molar-refractivity contribution in [2.24, 2.45) is 11.5 Å². The topological polar surface area (TPSA) is 122 Å². The number of carbonyl (C=O) groups is 2. The van der Waals surface area contributed by atoms with E-state index in [9.17, 15) is 14.7 Å². The molecule has 0 saturated carbocycles. The fraction of sp³-hybridized carbons (Fsp3) is 0.417. The van der Waals surface area contributed by atoms with Gasteiger partial charge in [-0.05, 0) is 47.9 Å². The van der Waals surface area contributed by atoms with Crippen LogP contribution < -0.4 is 16.8 Å². The molecular weight excluding hydrogens is 392 g/mol. The van der Waals surface area contributed by atoms with Crippen molar-refractivity contribution >= 4 is 11.8 Å². The maximum Gasteiger partial charge on any atom is 0.243 e. The quantitative estimate of drug-likeness (QED) is 0.482. The third-order valence-corrected chi connectivity index (χ3v) is 5.80. The van der Waals surface area contributed by atoms with Crippen LogP contribution in [0.3, 0.4) is 0 Å². The first kappa shape index (κ1) is 22.9. The Morgan fingerprint density at radius 3 is 2.52 bits per heavy atom. The second kappa shape index (κ2) is 11.0. The molecule has 0 bridgehead atoms. The molecular formula is C24H32N4O3. The molecule has 2 aromatic rings. The van der Waals surface area contributed by atoms with Gasteiger partial charge in [-0.3, -0.25) is 9.59 Å². The van der Waals surface area contributed by atoms with E-state index < -0.39 is 12.1 Å². The number of carbonyl (C=O) groups excluding carboxylic acids is 2. The average Bonchev–Trinajstić information content (AvgIpc) is 3.31. The number of amides is 2. The molecule has 7 nitrogen and oxygen atoms in total. The van der Waals surface area contributed by atoms with Crippen LogP contribution in [0.4, 0.5) is 0 Å². The lowest BCUT2D eigenvalue weighted by molar-refractivity contribution is -0.139. The van der Waals surface area contributed by atoms with Crippen molar-refractivity contribution in [3.63, 3.8) is 0 Å². The zero-order valence-electron chi connectivity index (χ0n) is 17.8. The SMILES string of the molecule is NCc1ccc(CNC(=O)C2CCCN2C(=O)C(N)CCc2cccc(CO)c2)cc1. The monoisotopic (exact) mass is 424 g/mol. The van der Waals surface area contributed by atoms with Crippen molar-refractivity contribution in [1.82, 2.24) is 10.2 Å². The Kier molecular flexibility index (Phi) is 8.17. The third-order valence-electron chi connectivity index (χ3n) is 5.80. The number of aliphatic hydroxyl groups excluding tert-OH is 1. The lowest BCUT2D eigenvalue weighted by Crippen LogP contribution is -2.51. The Hall–Kier alpha value is -2.74. The molecule has 0 aliphatic carbocycles. The van der Waals surface area contributed by atoms with Crippen LogP contribution in [-0.4, -0.2) is 40.4 Å². The molecule has 2 amide bonds. The van der Waals surface area contributed by atoms with Crippen LogP contribution in [0, 0.1) is 0 Å². The second-order valence-electron chi connectivity index (χ2n) is 8.05. The van der Waals surface area contributed by atoms with E-state index in [1.165, 1.54) is 0 Å². The standard InChI is InChI=1S/C24H32N4O3/c25-14-18-6-8-19(9-7-18)15-27-23(30)22-5-2-12-28(22)24(31)21(26)11-10-17-3-1-4-20(13-17)16-29/h1,3-4,6-9,13,21-22,29H,2,5,10-12,14-16,25-26H2,(H,27,30).